The van der Waals surface area contributed by atoms with E-state index in [0.717, 1.165) is 60.8 Å². The van der Waals surface area contributed by atoms with Crippen molar-refractivity contribution in [2.75, 3.05) is 4.90 Å². The molecule has 10 aromatic rings. The maximum Gasteiger partial charge on any atom is 0.238 e. The van der Waals surface area contributed by atoms with E-state index in [1.807, 2.05) is 109 Å². The number of benzene rings is 8. The molecule has 0 atom stereocenters. The molecule has 0 unspecified atom stereocenters. The van der Waals surface area contributed by atoms with Gasteiger partial charge < -0.3 is 10.0 Å². The third-order valence-electron chi connectivity index (χ3n) is 10.1. The molecule has 0 aliphatic rings. The number of para-hydroxylation sites is 4. The fraction of sp³-hybridized carbons (Fsp3) is 0. The minimum atomic E-state index is 0.207. The topological polar surface area (TPSA) is 67.1 Å². The molecule has 0 radical (unpaired) electrons. The van der Waals surface area contributed by atoms with Crippen molar-refractivity contribution in [1.82, 2.24) is 19.5 Å². The number of hydrogen-bond acceptors (Lipinski definition) is 5. The van der Waals surface area contributed by atoms with Crippen LogP contribution in [0, 0.1) is 0 Å². The molecule has 260 valence electrons. The lowest BCUT2D eigenvalue weighted by Gasteiger charge is -2.26. The van der Waals surface area contributed by atoms with Crippen molar-refractivity contribution in [3.63, 3.8) is 0 Å². The van der Waals surface area contributed by atoms with E-state index in [4.69, 9.17) is 15.0 Å². The highest BCUT2D eigenvalue weighted by Crippen LogP contribution is 2.43. The first kappa shape index (κ1) is 32.1. The zero-order valence-electron chi connectivity index (χ0n) is 29.7. The molecule has 0 aliphatic carbocycles. The molecule has 10 rings (SSSR count). The van der Waals surface area contributed by atoms with E-state index in [0.29, 0.717) is 23.3 Å². The predicted octanol–water partition coefficient (Wildman–Crippen LogP) is 12.3. The summed E-state index contributed by atoms with van der Waals surface area (Å²) in [5.41, 5.74) is 8.50. The van der Waals surface area contributed by atoms with Crippen molar-refractivity contribution in [1.29, 1.82) is 0 Å². The highest BCUT2D eigenvalue weighted by atomic mass is 16.3. The van der Waals surface area contributed by atoms with Gasteiger partial charge in [0, 0.05) is 38.8 Å². The lowest BCUT2D eigenvalue weighted by molar-refractivity contribution is 0.476. The van der Waals surface area contributed by atoms with Crippen molar-refractivity contribution >= 4 is 49.6 Å². The molecule has 6 nitrogen and oxygen atoms in total. The van der Waals surface area contributed by atoms with Crippen LogP contribution in [0.4, 0.5) is 17.1 Å². The van der Waals surface area contributed by atoms with Gasteiger partial charge in [-0.25, -0.2) is 4.98 Å². The molecule has 0 bridgehead atoms. The Balaban J connectivity index is 1.23. The molecule has 6 heteroatoms. The summed E-state index contributed by atoms with van der Waals surface area (Å²) in [7, 11) is 0. The van der Waals surface area contributed by atoms with Crippen molar-refractivity contribution in [2.45, 2.75) is 0 Å². The largest absolute Gasteiger partial charge is 0.506 e. The van der Waals surface area contributed by atoms with E-state index in [9.17, 15) is 5.11 Å². The van der Waals surface area contributed by atoms with Gasteiger partial charge in [-0.15, -0.1) is 0 Å². The van der Waals surface area contributed by atoms with Gasteiger partial charge in [0.25, 0.3) is 0 Å². The molecule has 55 heavy (non-hydrogen) atoms. The first-order chi connectivity index (χ1) is 27.2. The molecular weight excluding hydrogens is 675 g/mol. The van der Waals surface area contributed by atoms with Gasteiger partial charge in [-0.3, -0.25) is 4.57 Å². The van der Waals surface area contributed by atoms with Crippen molar-refractivity contribution in [3.05, 3.63) is 194 Å². The average molecular weight is 708 g/mol. The maximum absolute atomic E-state index is 11.0. The molecule has 0 amide bonds. The molecule has 0 fully saturated rings. The molecule has 2 heterocycles. The highest BCUT2D eigenvalue weighted by Gasteiger charge is 2.22. The van der Waals surface area contributed by atoms with E-state index >= 15 is 0 Å². The van der Waals surface area contributed by atoms with Gasteiger partial charge in [0.05, 0.1) is 16.7 Å². The van der Waals surface area contributed by atoms with Crippen LogP contribution in [0.2, 0.25) is 0 Å². The summed E-state index contributed by atoms with van der Waals surface area (Å²) in [6.07, 6.45) is 0. The lowest BCUT2D eigenvalue weighted by Crippen LogP contribution is -2.10. The van der Waals surface area contributed by atoms with Crippen LogP contribution >= 0.6 is 0 Å². The number of aromatic nitrogens is 4. The van der Waals surface area contributed by atoms with E-state index in [-0.39, 0.29) is 5.75 Å². The van der Waals surface area contributed by atoms with Crippen LogP contribution in [0.3, 0.4) is 0 Å². The highest BCUT2D eigenvalue weighted by molar-refractivity contribution is 6.23. The zero-order valence-corrected chi connectivity index (χ0v) is 29.7. The molecule has 0 aliphatic heterocycles. The van der Waals surface area contributed by atoms with Crippen LogP contribution < -0.4 is 4.90 Å². The van der Waals surface area contributed by atoms with Crippen LogP contribution in [0.15, 0.2) is 194 Å². The van der Waals surface area contributed by atoms with Crippen LogP contribution in [-0.4, -0.2) is 24.6 Å². The summed E-state index contributed by atoms with van der Waals surface area (Å²) in [5.74, 6) is 1.96. The van der Waals surface area contributed by atoms with Gasteiger partial charge in [-0.1, -0.05) is 152 Å². The zero-order chi connectivity index (χ0) is 36.7. The first-order valence-electron chi connectivity index (χ1n) is 18.3. The number of anilines is 3. The van der Waals surface area contributed by atoms with Crippen LogP contribution in [0.25, 0.3) is 72.4 Å². The normalized spacial score (nSPS) is 11.3. The predicted molar refractivity (Wildman–Crippen MR) is 224 cm³/mol. The molecule has 8 aromatic carbocycles. The van der Waals surface area contributed by atoms with Crippen molar-refractivity contribution in [2.24, 2.45) is 0 Å². The number of fused-ring (bicyclic) bond motifs is 5. The quantitative estimate of drug-likeness (QED) is 0.179. The molecule has 2 aromatic heterocycles. The van der Waals surface area contributed by atoms with Crippen molar-refractivity contribution < 1.29 is 5.11 Å². The van der Waals surface area contributed by atoms with Crippen LogP contribution in [-0.2, 0) is 0 Å². The second-order valence-electron chi connectivity index (χ2n) is 13.4. The van der Waals surface area contributed by atoms with Gasteiger partial charge >= 0.3 is 0 Å². The number of rotatable bonds is 7. The Hall–Kier alpha value is -7.57. The fourth-order valence-electron chi connectivity index (χ4n) is 7.62. The minimum Gasteiger partial charge on any atom is -0.506 e. The number of hydrogen-bond donors (Lipinski definition) is 1. The average Bonchev–Trinajstić information content (AvgIpc) is 3.61. The second-order valence-corrected chi connectivity index (χ2v) is 13.4. The van der Waals surface area contributed by atoms with Gasteiger partial charge in [0.1, 0.15) is 5.75 Å². The van der Waals surface area contributed by atoms with Crippen LogP contribution in [0.1, 0.15) is 0 Å². The van der Waals surface area contributed by atoms with E-state index in [1.165, 1.54) is 5.39 Å². The molecule has 0 spiro atoms. The van der Waals surface area contributed by atoms with Gasteiger partial charge in [-0.2, -0.15) is 9.97 Å². The number of aromatic hydroxyl groups is 1. The Morgan fingerprint density at radius 2 is 1.02 bits per heavy atom. The Labute approximate surface area is 317 Å². The summed E-state index contributed by atoms with van der Waals surface area (Å²) in [6, 6.07) is 65.6. The lowest BCUT2D eigenvalue weighted by atomic mass is 9.99. The SMILES string of the molecule is Oc1ccccc1N(c1ccccc1)c1ccc(-c2cccc3c4c5ccccc5ccc4n(-c4nc(-c5ccccc5)nc(-c5ccccc5)n4)c23)cc1. The molecular formula is C49H33N5O. The van der Waals surface area contributed by atoms with E-state index < -0.39 is 0 Å². The van der Waals surface area contributed by atoms with Gasteiger partial charge in [0.15, 0.2) is 11.6 Å². The fourth-order valence-corrected chi connectivity index (χ4v) is 7.62. The van der Waals surface area contributed by atoms with Gasteiger partial charge in [0.2, 0.25) is 5.95 Å². The molecule has 0 saturated heterocycles. The van der Waals surface area contributed by atoms with E-state index in [1.54, 1.807) is 6.07 Å². The van der Waals surface area contributed by atoms with Crippen molar-refractivity contribution in [3.8, 4) is 45.6 Å². The van der Waals surface area contributed by atoms with Gasteiger partial charge in [-0.05, 0) is 58.8 Å². The number of phenols is 1. The maximum atomic E-state index is 11.0. The summed E-state index contributed by atoms with van der Waals surface area (Å²) >= 11 is 0. The number of phenolic OH excluding ortho intramolecular Hbond substituents is 1. The first-order valence-corrected chi connectivity index (χ1v) is 18.3. The standard InChI is InChI=1S/C49H33N5O/c55-44-26-13-12-25-42(44)53(37-20-8-3-9-21-37)38-30-27-34(28-31-38)40-23-14-24-41-45-39-22-11-10-15-33(39)29-32-43(45)54(46(40)41)49-51-47(35-16-4-1-5-17-35)50-48(52-49)36-18-6-2-7-19-36/h1-32,55H. The second kappa shape index (κ2) is 13.4. The Bertz CT molecular complexity index is 2920. The summed E-state index contributed by atoms with van der Waals surface area (Å²) in [4.78, 5) is 17.5. The summed E-state index contributed by atoms with van der Waals surface area (Å²) < 4.78 is 2.21. The monoisotopic (exact) mass is 707 g/mol. The summed E-state index contributed by atoms with van der Waals surface area (Å²) in [5, 5.41) is 15.5. The number of nitrogens with zero attached hydrogens (tertiary/aromatic N) is 5. The smallest absolute Gasteiger partial charge is 0.238 e. The third-order valence-corrected chi connectivity index (χ3v) is 10.1. The molecule has 0 saturated carbocycles. The third kappa shape index (κ3) is 5.64. The minimum absolute atomic E-state index is 0.207. The van der Waals surface area contributed by atoms with Crippen LogP contribution in [0.5, 0.6) is 5.75 Å². The molecule has 1 N–H and O–H groups in total. The Morgan fingerprint density at radius 1 is 0.436 bits per heavy atom. The Kier molecular flexibility index (Phi) is 7.85. The van der Waals surface area contributed by atoms with E-state index in [2.05, 4.69) is 88.3 Å². The Morgan fingerprint density at radius 3 is 1.71 bits per heavy atom. The summed E-state index contributed by atoms with van der Waals surface area (Å²) in [6.45, 7) is 0.